The summed E-state index contributed by atoms with van der Waals surface area (Å²) in [5, 5.41) is 19.5. The second kappa shape index (κ2) is 14.4. The molecule has 11 nitrogen and oxygen atoms in total. The lowest BCUT2D eigenvalue weighted by Gasteiger charge is -2.27. The summed E-state index contributed by atoms with van der Waals surface area (Å²) in [6.07, 6.45) is 6.99. The number of amides is 1. The van der Waals surface area contributed by atoms with E-state index in [0.717, 1.165) is 81.9 Å². The Morgan fingerprint density at radius 3 is 2.67 bits per heavy atom. The van der Waals surface area contributed by atoms with Gasteiger partial charge in [-0.3, -0.25) is 20.5 Å². The van der Waals surface area contributed by atoms with Crippen molar-refractivity contribution < 1.29 is 4.79 Å². The molecule has 5 rings (SSSR count). The van der Waals surface area contributed by atoms with Crippen LogP contribution in [0.25, 0.3) is 0 Å². The highest BCUT2D eigenvalue weighted by Crippen LogP contribution is 2.34. The van der Waals surface area contributed by atoms with Gasteiger partial charge in [0.1, 0.15) is 17.3 Å². The summed E-state index contributed by atoms with van der Waals surface area (Å²) in [6, 6.07) is 7.79. The van der Waals surface area contributed by atoms with Crippen molar-refractivity contribution in [3.05, 3.63) is 46.8 Å². The van der Waals surface area contributed by atoms with Gasteiger partial charge in [-0.25, -0.2) is 9.97 Å². The zero-order valence-electron chi connectivity index (χ0n) is 26.1. The Bertz CT molecular complexity index is 1290. The molecule has 0 radical (unpaired) electrons. The third kappa shape index (κ3) is 7.22. The van der Waals surface area contributed by atoms with Crippen LogP contribution in [-0.4, -0.2) is 108 Å². The molecule has 2 saturated heterocycles. The fourth-order valence-electron chi connectivity index (χ4n) is 6.42. The van der Waals surface area contributed by atoms with Crippen molar-refractivity contribution in [3.8, 4) is 0 Å². The number of nitrogens with zero attached hydrogens (tertiary/aromatic N) is 7. The summed E-state index contributed by atoms with van der Waals surface area (Å²) in [7, 11) is 2.16. The number of carbonyl (C=O) groups excluding carboxylic acids is 1. The molecule has 0 bridgehead atoms. The van der Waals surface area contributed by atoms with Crippen LogP contribution in [0.5, 0.6) is 0 Å². The molecule has 5 heterocycles. The van der Waals surface area contributed by atoms with E-state index in [-0.39, 0.29) is 11.7 Å². The number of anilines is 2. The maximum Gasteiger partial charge on any atom is 0.260 e. The zero-order valence-corrected chi connectivity index (χ0v) is 26.1. The van der Waals surface area contributed by atoms with Gasteiger partial charge in [0.05, 0.1) is 24.1 Å². The second-order valence-electron chi connectivity index (χ2n) is 12.1. The molecule has 3 aliphatic heterocycles. The lowest BCUT2D eigenvalue weighted by Crippen LogP contribution is -2.43. The van der Waals surface area contributed by atoms with Gasteiger partial charge in [-0.05, 0) is 77.9 Å². The molecule has 0 aromatic carbocycles. The Morgan fingerprint density at radius 2 is 1.95 bits per heavy atom. The van der Waals surface area contributed by atoms with Gasteiger partial charge in [0.25, 0.3) is 5.91 Å². The highest BCUT2D eigenvalue weighted by molar-refractivity contribution is 6.10. The van der Waals surface area contributed by atoms with Gasteiger partial charge in [-0.15, -0.1) is 0 Å². The zero-order chi connectivity index (χ0) is 30.3. The van der Waals surface area contributed by atoms with E-state index in [1.807, 2.05) is 25.1 Å². The average molecular weight is 589 g/mol. The Hall–Kier alpha value is -3.41. The van der Waals surface area contributed by atoms with Crippen LogP contribution >= 0.6 is 0 Å². The number of fused-ring (bicyclic) bond motifs is 1. The molecule has 1 amide bonds. The van der Waals surface area contributed by atoms with Gasteiger partial charge in [0, 0.05) is 57.4 Å². The lowest BCUT2D eigenvalue weighted by atomic mass is 10.1. The van der Waals surface area contributed by atoms with E-state index in [0.29, 0.717) is 42.8 Å². The highest BCUT2D eigenvalue weighted by Gasteiger charge is 2.35. The van der Waals surface area contributed by atoms with Crippen molar-refractivity contribution in [2.24, 2.45) is 0 Å². The van der Waals surface area contributed by atoms with E-state index in [1.54, 1.807) is 11.0 Å². The average Bonchev–Trinajstić information content (AvgIpc) is 3.61. The third-order valence-electron chi connectivity index (χ3n) is 9.02. The number of hydrogen-bond donors (Lipinski definition) is 3. The first-order valence-electron chi connectivity index (χ1n) is 16.0. The van der Waals surface area contributed by atoms with Crippen molar-refractivity contribution in [1.82, 2.24) is 30.0 Å². The molecule has 232 valence electrons. The summed E-state index contributed by atoms with van der Waals surface area (Å²) in [6.45, 7) is 13.4. The Balaban J connectivity index is 1.31. The summed E-state index contributed by atoms with van der Waals surface area (Å²) >= 11 is 0. The number of unbranched alkanes of at least 4 members (excludes halogenated alkanes) is 2. The molecule has 2 fully saturated rings. The predicted octanol–water partition coefficient (Wildman–Crippen LogP) is 3.39. The first-order chi connectivity index (χ1) is 20.9. The number of piperazine rings is 1. The van der Waals surface area contributed by atoms with Gasteiger partial charge in [0.15, 0.2) is 5.84 Å². The number of amidine groups is 1. The van der Waals surface area contributed by atoms with Crippen LogP contribution in [0.1, 0.15) is 73.3 Å². The normalized spacial score (nSPS) is 18.9. The first-order valence-corrected chi connectivity index (χ1v) is 16.0. The maximum absolute atomic E-state index is 13.9. The van der Waals surface area contributed by atoms with Crippen LogP contribution < -0.4 is 15.1 Å². The fourth-order valence-corrected chi connectivity index (χ4v) is 6.42. The van der Waals surface area contributed by atoms with Gasteiger partial charge in [0.2, 0.25) is 0 Å². The largest absolute Gasteiger partial charge is 0.354 e. The SMILES string of the molecule is CCN(C=N)C(=N)c1cccc(N2Cc3c(cc(N4CCC[C@H]4C)nc3CN(C)CCCCCN3CCNCC3)C2=O)n1. The molecule has 11 heteroatoms. The smallest absolute Gasteiger partial charge is 0.260 e. The molecule has 3 aliphatic rings. The summed E-state index contributed by atoms with van der Waals surface area (Å²) in [5.74, 6) is 1.49. The number of aromatic nitrogens is 2. The van der Waals surface area contributed by atoms with E-state index < -0.39 is 0 Å². The minimum absolute atomic E-state index is 0.0714. The standard InChI is InChI=1S/C32H48N10O/c1-4-40(23-33)31(34)27-11-8-12-29(36-27)42-21-26-25(32(42)43)20-30(41-17-9-10-24(41)2)37-28(26)22-38(3)15-6-5-7-16-39-18-13-35-14-19-39/h8,11-12,20,23-24,33-35H,4-7,9-10,13-19,21-22H2,1-3H3/t24-/m1/s1. The van der Waals surface area contributed by atoms with Crippen LogP contribution in [0.15, 0.2) is 24.3 Å². The molecule has 0 saturated carbocycles. The number of carbonyl (C=O) groups is 1. The Labute approximate surface area is 256 Å². The van der Waals surface area contributed by atoms with Gasteiger partial charge >= 0.3 is 0 Å². The Kier molecular flexibility index (Phi) is 10.4. The van der Waals surface area contributed by atoms with Crippen LogP contribution in [0.3, 0.4) is 0 Å². The molecule has 3 N–H and O–H groups in total. The van der Waals surface area contributed by atoms with Crippen molar-refractivity contribution >= 4 is 29.7 Å². The van der Waals surface area contributed by atoms with Crippen LogP contribution in [0.2, 0.25) is 0 Å². The number of rotatable bonds is 13. The van der Waals surface area contributed by atoms with Crippen molar-refractivity contribution in [3.63, 3.8) is 0 Å². The minimum Gasteiger partial charge on any atom is -0.354 e. The predicted molar refractivity (Wildman–Crippen MR) is 173 cm³/mol. The number of nitrogens with one attached hydrogen (secondary N) is 3. The topological polar surface area (TPSA) is 119 Å². The Morgan fingerprint density at radius 1 is 1.14 bits per heavy atom. The highest BCUT2D eigenvalue weighted by atomic mass is 16.2. The van der Waals surface area contributed by atoms with E-state index >= 15 is 0 Å². The molecule has 0 spiro atoms. The molecule has 2 aromatic heterocycles. The maximum atomic E-state index is 13.9. The van der Waals surface area contributed by atoms with Gasteiger partial charge < -0.3 is 24.9 Å². The lowest BCUT2D eigenvalue weighted by molar-refractivity contribution is 0.0996. The summed E-state index contributed by atoms with van der Waals surface area (Å²) in [4.78, 5) is 34.2. The molecule has 43 heavy (non-hydrogen) atoms. The van der Waals surface area contributed by atoms with E-state index in [9.17, 15) is 4.79 Å². The van der Waals surface area contributed by atoms with E-state index in [2.05, 4.69) is 39.0 Å². The molecular weight excluding hydrogens is 540 g/mol. The number of hydrogen-bond acceptors (Lipinski definition) is 9. The third-order valence-corrected chi connectivity index (χ3v) is 9.02. The van der Waals surface area contributed by atoms with Crippen LogP contribution in [0.4, 0.5) is 11.6 Å². The second-order valence-corrected chi connectivity index (χ2v) is 12.1. The molecule has 0 aliphatic carbocycles. The van der Waals surface area contributed by atoms with Crippen molar-refractivity contribution in [2.75, 3.05) is 69.2 Å². The van der Waals surface area contributed by atoms with Gasteiger partial charge in [-0.1, -0.05) is 12.5 Å². The molecular formula is C32H48N10O. The summed E-state index contributed by atoms with van der Waals surface area (Å²) in [5.41, 5.74) is 3.09. The minimum atomic E-state index is -0.0714. The molecule has 1 atom stereocenters. The quantitative estimate of drug-likeness (QED) is 0.185. The monoisotopic (exact) mass is 588 g/mol. The number of pyridine rings is 2. The van der Waals surface area contributed by atoms with Crippen molar-refractivity contribution in [2.45, 2.75) is 65.1 Å². The van der Waals surface area contributed by atoms with E-state index in [4.69, 9.17) is 15.8 Å². The molecule has 2 aromatic rings. The van der Waals surface area contributed by atoms with Crippen molar-refractivity contribution in [1.29, 1.82) is 10.8 Å². The van der Waals surface area contributed by atoms with E-state index in [1.165, 1.54) is 24.3 Å². The fraction of sp³-hybridized carbons (Fsp3) is 0.594. The molecule has 0 unspecified atom stereocenters. The van der Waals surface area contributed by atoms with Crippen LogP contribution in [0, 0.1) is 10.8 Å². The first kappa shape index (κ1) is 31.0. The van der Waals surface area contributed by atoms with Gasteiger partial charge in [-0.2, -0.15) is 0 Å². The van der Waals surface area contributed by atoms with Crippen LogP contribution in [-0.2, 0) is 13.1 Å². The summed E-state index contributed by atoms with van der Waals surface area (Å²) < 4.78 is 0.